The fraction of sp³-hybridized carbons (Fsp3) is 0.409. The summed E-state index contributed by atoms with van der Waals surface area (Å²) in [6, 6.07) is 4.27. The third-order valence-electron chi connectivity index (χ3n) is 5.51. The van der Waals surface area contributed by atoms with Gasteiger partial charge in [-0.25, -0.2) is 9.67 Å². The lowest BCUT2D eigenvalue weighted by molar-refractivity contribution is -0.137. The fourth-order valence-corrected chi connectivity index (χ4v) is 3.95. The molecule has 0 amide bonds. The van der Waals surface area contributed by atoms with Crippen LogP contribution in [0.2, 0.25) is 0 Å². The van der Waals surface area contributed by atoms with Crippen molar-refractivity contribution in [1.82, 2.24) is 19.3 Å². The van der Waals surface area contributed by atoms with Gasteiger partial charge in [-0.3, -0.25) is 4.79 Å². The first-order chi connectivity index (χ1) is 14.8. The second kappa shape index (κ2) is 8.56. The SMILES string of the molecule is CCCn1cc(-n2cc(-c3cnc(NC4CCCC4)cc3C(F)(F)F)cn2)ccc1=O. The molecule has 6 nitrogen and oxygen atoms in total. The molecule has 0 atom stereocenters. The van der Waals surface area contributed by atoms with E-state index in [0.29, 0.717) is 17.8 Å². The first kappa shape index (κ1) is 21.1. The van der Waals surface area contributed by atoms with Gasteiger partial charge < -0.3 is 9.88 Å². The molecule has 31 heavy (non-hydrogen) atoms. The molecule has 3 aromatic rings. The summed E-state index contributed by atoms with van der Waals surface area (Å²) >= 11 is 0. The van der Waals surface area contributed by atoms with Crippen LogP contribution in [0, 0.1) is 0 Å². The Bertz CT molecular complexity index is 1110. The number of nitrogens with one attached hydrogen (secondary N) is 1. The molecule has 4 rings (SSSR count). The molecule has 1 N–H and O–H groups in total. The summed E-state index contributed by atoms with van der Waals surface area (Å²) in [5, 5.41) is 7.34. The maximum Gasteiger partial charge on any atom is 0.417 e. The van der Waals surface area contributed by atoms with Gasteiger partial charge >= 0.3 is 6.18 Å². The van der Waals surface area contributed by atoms with Crippen LogP contribution < -0.4 is 10.9 Å². The van der Waals surface area contributed by atoms with Gasteiger partial charge in [0.25, 0.3) is 5.56 Å². The Morgan fingerprint density at radius 3 is 2.65 bits per heavy atom. The highest BCUT2D eigenvalue weighted by atomic mass is 19.4. The molecule has 0 aliphatic heterocycles. The van der Waals surface area contributed by atoms with Gasteiger partial charge in [-0.15, -0.1) is 0 Å². The summed E-state index contributed by atoms with van der Waals surface area (Å²) in [5.41, 5.74) is -0.0104. The average molecular weight is 431 g/mol. The van der Waals surface area contributed by atoms with Gasteiger partial charge in [-0.1, -0.05) is 19.8 Å². The summed E-state index contributed by atoms with van der Waals surface area (Å²) in [4.78, 5) is 16.2. The van der Waals surface area contributed by atoms with Gasteiger partial charge in [-0.2, -0.15) is 18.3 Å². The molecule has 3 aromatic heterocycles. The second-order valence-corrected chi connectivity index (χ2v) is 7.83. The number of alkyl halides is 3. The van der Waals surface area contributed by atoms with E-state index >= 15 is 0 Å². The van der Waals surface area contributed by atoms with Crippen LogP contribution >= 0.6 is 0 Å². The number of rotatable bonds is 6. The number of anilines is 1. The highest BCUT2D eigenvalue weighted by Crippen LogP contribution is 2.38. The zero-order chi connectivity index (χ0) is 22.0. The van der Waals surface area contributed by atoms with E-state index in [0.717, 1.165) is 38.2 Å². The van der Waals surface area contributed by atoms with E-state index in [1.165, 1.54) is 29.3 Å². The Kier molecular flexibility index (Phi) is 5.84. The topological polar surface area (TPSA) is 64.7 Å². The van der Waals surface area contributed by atoms with Crippen molar-refractivity contribution in [2.24, 2.45) is 0 Å². The van der Waals surface area contributed by atoms with Crippen molar-refractivity contribution in [2.45, 2.75) is 57.8 Å². The highest BCUT2D eigenvalue weighted by molar-refractivity contribution is 5.68. The maximum absolute atomic E-state index is 13.8. The third-order valence-corrected chi connectivity index (χ3v) is 5.51. The number of halogens is 3. The van der Waals surface area contributed by atoms with E-state index in [4.69, 9.17) is 0 Å². The van der Waals surface area contributed by atoms with Crippen LogP contribution in [0.15, 0.2) is 47.8 Å². The average Bonchev–Trinajstić information content (AvgIpc) is 3.41. The number of hydrogen-bond acceptors (Lipinski definition) is 4. The molecule has 3 heterocycles. The molecule has 0 spiro atoms. The van der Waals surface area contributed by atoms with Crippen LogP contribution in [0.1, 0.15) is 44.6 Å². The Morgan fingerprint density at radius 2 is 1.94 bits per heavy atom. The zero-order valence-electron chi connectivity index (χ0n) is 17.2. The smallest absolute Gasteiger partial charge is 0.367 e. The first-order valence-electron chi connectivity index (χ1n) is 10.4. The van der Waals surface area contributed by atoms with Crippen molar-refractivity contribution in [3.8, 4) is 16.8 Å². The summed E-state index contributed by atoms with van der Waals surface area (Å²) in [7, 11) is 0. The van der Waals surface area contributed by atoms with Gasteiger partial charge in [0, 0.05) is 48.4 Å². The fourth-order valence-electron chi connectivity index (χ4n) is 3.95. The molecule has 1 aliphatic carbocycles. The molecular formula is C22H24F3N5O. The Balaban J connectivity index is 1.67. The molecule has 0 radical (unpaired) electrons. The van der Waals surface area contributed by atoms with Crippen molar-refractivity contribution in [1.29, 1.82) is 0 Å². The van der Waals surface area contributed by atoms with E-state index < -0.39 is 11.7 Å². The quantitative estimate of drug-likeness (QED) is 0.604. The lowest BCUT2D eigenvalue weighted by Crippen LogP contribution is -2.19. The molecule has 0 saturated heterocycles. The van der Waals surface area contributed by atoms with Crippen LogP contribution in [-0.4, -0.2) is 25.4 Å². The largest absolute Gasteiger partial charge is 0.417 e. The van der Waals surface area contributed by atoms with Crippen molar-refractivity contribution < 1.29 is 13.2 Å². The van der Waals surface area contributed by atoms with E-state index in [1.807, 2.05) is 6.92 Å². The molecular weight excluding hydrogens is 407 g/mol. The van der Waals surface area contributed by atoms with Crippen LogP contribution in [0.5, 0.6) is 0 Å². The monoisotopic (exact) mass is 431 g/mol. The van der Waals surface area contributed by atoms with Crippen LogP contribution in [0.3, 0.4) is 0 Å². The third kappa shape index (κ3) is 4.65. The zero-order valence-corrected chi connectivity index (χ0v) is 17.2. The molecule has 0 unspecified atom stereocenters. The highest BCUT2D eigenvalue weighted by Gasteiger charge is 2.35. The molecule has 9 heteroatoms. The maximum atomic E-state index is 13.8. The Hall–Kier alpha value is -3.10. The van der Waals surface area contributed by atoms with Crippen LogP contribution in [0.4, 0.5) is 19.0 Å². The van der Waals surface area contributed by atoms with Crippen LogP contribution in [0.25, 0.3) is 16.8 Å². The van der Waals surface area contributed by atoms with Gasteiger partial charge in [-0.05, 0) is 31.4 Å². The van der Waals surface area contributed by atoms with Gasteiger partial charge in [0.15, 0.2) is 0 Å². The lowest BCUT2D eigenvalue weighted by atomic mass is 10.0. The van der Waals surface area contributed by atoms with E-state index in [1.54, 1.807) is 16.8 Å². The predicted octanol–water partition coefficient (Wildman–Crippen LogP) is 4.88. The minimum atomic E-state index is -4.53. The number of aryl methyl sites for hydroxylation is 1. The molecule has 1 fully saturated rings. The van der Waals surface area contributed by atoms with E-state index in [9.17, 15) is 18.0 Å². The van der Waals surface area contributed by atoms with Gasteiger partial charge in [0.2, 0.25) is 0 Å². The van der Waals surface area contributed by atoms with E-state index in [2.05, 4.69) is 15.4 Å². The van der Waals surface area contributed by atoms with Crippen molar-refractivity contribution in [3.63, 3.8) is 0 Å². The first-order valence-corrected chi connectivity index (χ1v) is 10.4. The summed E-state index contributed by atoms with van der Waals surface area (Å²) in [5.74, 6) is 0.238. The molecule has 164 valence electrons. The lowest BCUT2D eigenvalue weighted by Gasteiger charge is -2.16. The molecule has 1 aliphatic rings. The Morgan fingerprint density at radius 1 is 1.16 bits per heavy atom. The predicted molar refractivity (Wildman–Crippen MR) is 112 cm³/mol. The van der Waals surface area contributed by atoms with E-state index in [-0.39, 0.29) is 23.0 Å². The summed E-state index contributed by atoms with van der Waals surface area (Å²) in [6.07, 6.45) is 6.10. The summed E-state index contributed by atoms with van der Waals surface area (Å²) in [6.45, 7) is 2.51. The number of pyridine rings is 2. The normalized spacial score (nSPS) is 14.8. The number of aromatic nitrogens is 4. The van der Waals surface area contributed by atoms with Crippen molar-refractivity contribution in [2.75, 3.05) is 5.32 Å². The number of hydrogen-bond donors (Lipinski definition) is 1. The van der Waals surface area contributed by atoms with Gasteiger partial charge in [0.05, 0.1) is 17.4 Å². The van der Waals surface area contributed by atoms with Crippen molar-refractivity contribution in [3.05, 3.63) is 58.9 Å². The Labute approximate surface area is 177 Å². The summed E-state index contributed by atoms with van der Waals surface area (Å²) < 4.78 is 44.5. The second-order valence-electron chi connectivity index (χ2n) is 7.83. The van der Waals surface area contributed by atoms with Crippen LogP contribution in [-0.2, 0) is 12.7 Å². The molecule has 0 bridgehead atoms. The van der Waals surface area contributed by atoms with Gasteiger partial charge in [0.1, 0.15) is 5.82 Å². The minimum absolute atomic E-state index is 0.0300. The number of nitrogens with zero attached hydrogens (tertiary/aromatic N) is 4. The molecule has 1 saturated carbocycles. The van der Waals surface area contributed by atoms with Crippen molar-refractivity contribution >= 4 is 5.82 Å². The molecule has 0 aromatic carbocycles. The minimum Gasteiger partial charge on any atom is -0.367 e. The standard InChI is InChI=1S/C22H24F3N5O/c1-2-9-29-14-17(7-8-21(29)31)30-13-15(11-27-30)18-12-26-20(10-19(18)22(23,24)25)28-16-5-3-4-6-16/h7-8,10-14,16H,2-6,9H2,1H3,(H,26,28).